The van der Waals surface area contributed by atoms with E-state index in [0.29, 0.717) is 42.5 Å². The molecule has 6 nitrogen and oxygen atoms in total. The third-order valence-corrected chi connectivity index (χ3v) is 4.50. The van der Waals surface area contributed by atoms with E-state index >= 15 is 0 Å². The molecule has 1 aliphatic rings. The maximum atomic E-state index is 12.6. The van der Waals surface area contributed by atoms with Gasteiger partial charge in [0.1, 0.15) is 5.75 Å². The number of anilines is 3. The van der Waals surface area contributed by atoms with Crippen molar-refractivity contribution in [3.05, 3.63) is 48.0 Å². The Bertz CT molecular complexity index is 773. The molecule has 27 heavy (non-hydrogen) atoms. The Kier molecular flexibility index (Phi) is 6.54. The summed E-state index contributed by atoms with van der Waals surface area (Å²) in [5.41, 5.74) is 9.05. The second-order valence-electron chi connectivity index (χ2n) is 6.56. The molecule has 1 saturated heterocycles. The Morgan fingerprint density at radius 2 is 2.04 bits per heavy atom. The number of hydrogen-bond donors (Lipinski definition) is 2. The number of amides is 1. The fourth-order valence-corrected chi connectivity index (χ4v) is 2.99. The van der Waals surface area contributed by atoms with E-state index in [4.69, 9.17) is 15.2 Å². The number of morpholine rings is 1. The van der Waals surface area contributed by atoms with Crippen molar-refractivity contribution < 1.29 is 14.3 Å². The van der Waals surface area contributed by atoms with E-state index < -0.39 is 0 Å². The highest BCUT2D eigenvalue weighted by atomic mass is 16.5. The minimum Gasteiger partial charge on any atom is -0.494 e. The lowest BCUT2D eigenvalue weighted by atomic mass is 10.1. The summed E-state index contributed by atoms with van der Waals surface area (Å²) in [6.07, 6.45) is 2.06. The van der Waals surface area contributed by atoms with Crippen LogP contribution < -0.4 is 20.7 Å². The van der Waals surface area contributed by atoms with Crippen molar-refractivity contribution in [1.82, 2.24) is 0 Å². The number of nitrogens with zero attached hydrogens (tertiary/aromatic N) is 1. The first kappa shape index (κ1) is 19.0. The summed E-state index contributed by atoms with van der Waals surface area (Å²) in [5.74, 6) is 0.521. The van der Waals surface area contributed by atoms with Gasteiger partial charge in [0.2, 0.25) is 0 Å². The number of nitrogen functional groups attached to an aromatic ring is 1. The second kappa shape index (κ2) is 9.28. The molecular weight excluding hydrogens is 342 g/mol. The summed E-state index contributed by atoms with van der Waals surface area (Å²) < 4.78 is 11.1. The fourth-order valence-electron chi connectivity index (χ4n) is 2.99. The number of unbranched alkanes of at least 4 members (excludes halogenated alkanes) is 1. The topological polar surface area (TPSA) is 76.8 Å². The van der Waals surface area contributed by atoms with Gasteiger partial charge in [0.05, 0.1) is 31.2 Å². The van der Waals surface area contributed by atoms with Gasteiger partial charge >= 0.3 is 0 Å². The van der Waals surface area contributed by atoms with Gasteiger partial charge in [-0.05, 0) is 42.8 Å². The summed E-state index contributed by atoms with van der Waals surface area (Å²) in [5, 5.41) is 2.91. The second-order valence-corrected chi connectivity index (χ2v) is 6.56. The average Bonchev–Trinajstić information content (AvgIpc) is 2.69. The van der Waals surface area contributed by atoms with Crippen LogP contribution in [0.25, 0.3) is 0 Å². The van der Waals surface area contributed by atoms with Crippen LogP contribution in [0, 0.1) is 0 Å². The first-order valence-electron chi connectivity index (χ1n) is 9.44. The van der Waals surface area contributed by atoms with Gasteiger partial charge in [0, 0.05) is 24.3 Å². The number of nitrogens with two attached hydrogens (primary N) is 1. The molecular formula is C21H27N3O3. The van der Waals surface area contributed by atoms with Crippen LogP contribution in [0.1, 0.15) is 30.1 Å². The predicted molar refractivity (Wildman–Crippen MR) is 109 cm³/mol. The van der Waals surface area contributed by atoms with Crippen LogP contribution in [0.3, 0.4) is 0 Å². The van der Waals surface area contributed by atoms with Crippen molar-refractivity contribution in [3.63, 3.8) is 0 Å². The molecule has 3 N–H and O–H groups in total. The van der Waals surface area contributed by atoms with Crippen molar-refractivity contribution in [2.24, 2.45) is 0 Å². The summed E-state index contributed by atoms with van der Waals surface area (Å²) in [4.78, 5) is 14.8. The highest BCUT2D eigenvalue weighted by Gasteiger charge is 2.15. The van der Waals surface area contributed by atoms with Crippen LogP contribution in [0.4, 0.5) is 17.1 Å². The molecule has 2 aromatic carbocycles. The van der Waals surface area contributed by atoms with E-state index in [1.165, 1.54) is 0 Å². The summed E-state index contributed by atoms with van der Waals surface area (Å²) >= 11 is 0. The first-order valence-corrected chi connectivity index (χ1v) is 9.44. The molecule has 0 spiro atoms. The molecule has 0 aliphatic carbocycles. The molecule has 3 rings (SSSR count). The highest BCUT2D eigenvalue weighted by molar-refractivity contribution is 6.04. The lowest BCUT2D eigenvalue weighted by molar-refractivity contribution is 0.102. The molecule has 1 fully saturated rings. The van der Waals surface area contributed by atoms with Gasteiger partial charge in [0.15, 0.2) is 0 Å². The Hall–Kier alpha value is -2.73. The molecule has 6 heteroatoms. The van der Waals surface area contributed by atoms with Crippen LogP contribution >= 0.6 is 0 Å². The number of ether oxygens (including phenoxy) is 2. The van der Waals surface area contributed by atoms with Crippen LogP contribution in [0.2, 0.25) is 0 Å². The normalized spacial score (nSPS) is 14.0. The Labute approximate surface area is 160 Å². The Morgan fingerprint density at radius 3 is 2.78 bits per heavy atom. The van der Waals surface area contributed by atoms with E-state index in [9.17, 15) is 4.79 Å². The minimum atomic E-state index is -0.186. The maximum Gasteiger partial charge on any atom is 0.255 e. The summed E-state index contributed by atoms with van der Waals surface area (Å²) in [7, 11) is 0. The van der Waals surface area contributed by atoms with Crippen molar-refractivity contribution >= 4 is 23.0 Å². The fraction of sp³-hybridized carbons (Fsp3) is 0.381. The van der Waals surface area contributed by atoms with E-state index in [0.717, 1.165) is 31.6 Å². The van der Waals surface area contributed by atoms with Crippen molar-refractivity contribution in [3.8, 4) is 5.75 Å². The molecule has 1 heterocycles. The number of carbonyl (C=O) groups excluding carboxylic acids is 1. The van der Waals surface area contributed by atoms with Gasteiger partial charge in [0.25, 0.3) is 5.91 Å². The SMILES string of the molecule is CCCCOc1cccc(C(=O)Nc2ccc(N3CCOCC3)c(N)c2)c1. The van der Waals surface area contributed by atoms with E-state index in [-0.39, 0.29) is 5.91 Å². The van der Waals surface area contributed by atoms with Crippen LogP contribution in [-0.2, 0) is 4.74 Å². The number of rotatable bonds is 7. The molecule has 0 radical (unpaired) electrons. The highest BCUT2D eigenvalue weighted by Crippen LogP contribution is 2.27. The smallest absolute Gasteiger partial charge is 0.255 e. The largest absolute Gasteiger partial charge is 0.494 e. The first-order chi connectivity index (χ1) is 13.2. The van der Waals surface area contributed by atoms with Gasteiger partial charge in [-0.3, -0.25) is 4.79 Å². The Balaban J connectivity index is 1.65. The van der Waals surface area contributed by atoms with Gasteiger partial charge in [-0.15, -0.1) is 0 Å². The standard InChI is InChI=1S/C21H27N3O3/c1-2-3-11-27-18-6-4-5-16(14-18)21(25)23-17-7-8-20(19(22)15-17)24-9-12-26-13-10-24/h4-8,14-15H,2-3,9-13,22H2,1H3,(H,23,25). The van der Waals surface area contributed by atoms with Crippen molar-refractivity contribution in [1.29, 1.82) is 0 Å². The molecule has 1 amide bonds. The van der Waals surface area contributed by atoms with Gasteiger partial charge in [-0.2, -0.15) is 0 Å². The van der Waals surface area contributed by atoms with E-state index in [1.54, 1.807) is 18.2 Å². The number of nitrogens with one attached hydrogen (secondary N) is 1. The molecule has 0 saturated carbocycles. The maximum absolute atomic E-state index is 12.6. The quantitative estimate of drug-likeness (QED) is 0.577. The van der Waals surface area contributed by atoms with E-state index in [2.05, 4.69) is 17.1 Å². The van der Waals surface area contributed by atoms with Gasteiger partial charge < -0.3 is 25.4 Å². The predicted octanol–water partition coefficient (Wildman–Crippen LogP) is 3.54. The molecule has 144 valence electrons. The van der Waals surface area contributed by atoms with E-state index in [1.807, 2.05) is 24.3 Å². The van der Waals surface area contributed by atoms with Crippen LogP contribution in [0.15, 0.2) is 42.5 Å². The zero-order valence-electron chi connectivity index (χ0n) is 15.7. The summed E-state index contributed by atoms with van der Waals surface area (Å²) in [6.45, 7) is 5.81. The van der Waals surface area contributed by atoms with Crippen LogP contribution in [0.5, 0.6) is 5.75 Å². The lowest BCUT2D eigenvalue weighted by Gasteiger charge is -2.30. The zero-order valence-corrected chi connectivity index (χ0v) is 15.7. The van der Waals surface area contributed by atoms with Crippen LogP contribution in [-0.4, -0.2) is 38.8 Å². The monoisotopic (exact) mass is 369 g/mol. The average molecular weight is 369 g/mol. The third kappa shape index (κ3) is 5.14. The molecule has 0 unspecified atom stereocenters. The van der Waals surface area contributed by atoms with Gasteiger partial charge in [-0.25, -0.2) is 0 Å². The lowest BCUT2D eigenvalue weighted by Crippen LogP contribution is -2.36. The molecule has 0 bridgehead atoms. The number of carbonyl (C=O) groups is 1. The Morgan fingerprint density at radius 1 is 1.22 bits per heavy atom. The minimum absolute atomic E-state index is 0.186. The molecule has 2 aromatic rings. The summed E-state index contributed by atoms with van der Waals surface area (Å²) in [6, 6.07) is 12.8. The molecule has 0 aromatic heterocycles. The third-order valence-electron chi connectivity index (χ3n) is 4.50. The zero-order chi connectivity index (χ0) is 19.1. The molecule has 0 atom stereocenters. The number of hydrogen-bond acceptors (Lipinski definition) is 5. The molecule has 1 aliphatic heterocycles. The number of benzene rings is 2. The van der Waals surface area contributed by atoms with Gasteiger partial charge in [-0.1, -0.05) is 19.4 Å². The van der Waals surface area contributed by atoms with Crippen molar-refractivity contribution in [2.45, 2.75) is 19.8 Å². The van der Waals surface area contributed by atoms with Crippen molar-refractivity contribution in [2.75, 3.05) is 48.9 Å².